The lowest BCUT2D eigenvalue weighted by atomic mass is 9.90. The van der Waals surface area contributed by atoms with E-state index in [2.05, 4.69) is 10.6 Å². The molecule has 132 valence electrons. The summed E-state index contributed by atoms with van der Waals surface area (Å²) >= 11 is 5.70. The Kier molecular flexibility index (Phi) is 5.80. The monoisotopic (exact) mass is 362 g/mol. The van der Waals surface area contributed by atoms with Crippen LogP contribution in [-0.2, 0) is 16.1 Å². The minimum atomic E-state index is -1.30. The Morgan fingerprint density at radius 1 is 1.12 bits per heavy atom. The molecule has 4 nitrogen and oxygen atoms in total. The van der Waals surface area contributed by atoms with Gasteiger partial charge in [-0.25, -0.2) is 4.39 Å². The van der Waals surface area contributed by atoms with Crippen molar-refractivity contribution in [2.24, 2.45) is 5.41 Å². The van der Waals surface area contributed by atoms with E-state index < -0.39 is 23.0 Å². The molecule has 6 heteroatoms. The summed E-state index contributed by atoms with van der Waals surface area (Å²) in [5.41, 5.74) is 1.07. The van der Waals surface area contributed by atoms with Gasteiger partial charge in [0.1, 0.15) is 11.2 Å². The molecule has 0 atom stereocenters. The minimum absolute atomic E-state index is 0.0976. The van der Waals surface area contributed by atoms with Crippen LogP contribution in [0.2, 0.25) is 5.02 Å². The van der Waals surface area contributed by atoms with Crippen molar-refractivity contribution in [3.05, 3.63) is 64.4 Å². The van der Waals surface area contributed by atoms with Gasteiger partial charge in [0.05, 0.1) is 5.02 Å². The predicted molar refractivity (Wildman–Crippen MR) is 96.8 cm³/mol. The van der Waals surface area contributed by atoms with Gasteiger partial charge in [-0.1, -0.05) is 35.9 Å². The Labute approximate surface area is 151 Å². The molecule has 0 bridgehead atoms. The van der Waals surface area contributed by atoms with Crippen molar-refractivity contribution in [3.63, 3.8) is 0 Å². The van der Waals surface area contributed by atoms with Gasteiger partial charge < -0.3 is 10.6 Å². The zero-order chi connectivity index (χ0) is 18.6. The molecule has 0 fully saturated rings. The summed E-state index contributed by atoms with van der Waals surface area (Å²) in [4.78, 5) is 24.9. The van der Waals surface area contributed by atoms with Crippen LogP contribution in [0.4, 0.5) is 10.1 Å². The van der Waals surface area contributed by atoms with Gasteiger partial charge in [0.15, 0.2) is 0 Å². The number of hydrogen-bond donors (Lipinski definition) is 2. The molecule has 0 radical (unpaired) electrons. The molecule has 0 aliphatic rings. The Bertz CT molecular complexity index is 806. The van der Waals surface area contributed by atoms with Gasteiger partial charge in [0.2, 0.25) is 11.8 Å². The van der Waals surface area contributed by atoms with E-state index in [1.807, 2.05) is 31.2 Å². The Hall–Kier alpha value is -2.40. The molecular formula is C19H20ClFN2O2. The van der Waals surface area contributed by atoms with Crippen LogP contribution in [0.5, 0.6) is 0 Å². The van der Waals surface area contributed by atoms with Crippen LogP contribution in [0, 0.1) is 18.2 Å². The van der Waals surface area contributed by atoms with Crippen molar-refractivity contribution in [2.75, 3.05) is 5.32 Å². The highest BCUT2D eigenvalue weighted by atomic mass is 35.5. The molecule has 25 heavy (non-hydrogen) atoms. The van der Waals surface area contributed by atoms with Gasteiger partial charge in [-0.3, -0.25) is 9.59 Å². The Balaban J connectivity index is 2.03. The summed E-state index contributed by atoms with van der Waals surface area (Å²) in [6.07, 6.45) is 0. The third-order valence-corrected chi connectivity index (χ3v) is 4.30. The zero-order valence-corrected chi connectivity index (χ0v) is 15.1. The molecule has 2 N–H and O–H groups in total. The fraction of sp³-hybridized carbons (Fsp3) is 0.263. The molecule has 2 aromatic carbocycles. The van der Waals surface area contributed by atoms with Crippen LogP contribution in [0.15, 0.2) is 42.5 Å². The average Bonchev–Trinajstić information content (AvgIpc) is 2.57. The van der Waals surface area contributed by atoms with E-state index >= 15 is 0 Å². The summed E-state index contributed by atoms with van der Waals surface area (Å²) in [7, 11) is 0. The first kappa shape index (κ1) is 18.9. The van der Waals surface area contributed by atoms with Crippen LogP contribution in [0.25, 0.3) is 0 Å². The first-order chi connectivity index (χ1) is 11.7. The van der Waals surface area contributed by atoms with E-state index in [9.17, 15) is 14.0 Å². The highest BCUT2D eigenvalue weighted by Gasteiger charge is 2.36. The number of amides is 2. The molecule has 0 aliphatic heterocycles. The number of carbonyl (C=O) groups excluding carboxylic acids is 2. The summed E-state index contributed by atoms with van der Waals surface area (Å²) < 4.78 is 13.2. The van der Waals surface area contributed by atoms with Gasteiger partial charge in [0, 0.05) is 12.2 Å². The fourth-order valence-electron chi connectivity index (χ4n) is 2.17. The van der Waals surface area contributed by atoms with Crippen molar-refractivity contribution in [1.82, 2.24) is 5.32 Å². The molecule has 0 aromatic heterocycles. The Morgan fingerprint density at radius 3 is 2.44 bits per heavy atom. The van der Waals surface area contributed by atoms with Crippen LogP contribution >= 0.6 is 11.6 Å². The van der Waals surface area contributed by atoms with Gasteiger partial charge in [-0.15, -0.1) is 0 Å². The van der Waals surface area contributed by atoms with E-state index in [4.69, 9.17) is 11.6 Å². The normalized spacial score (nSPS) is 11.1. The maximum Gasteiger partial charge on any atom is 0.239 e. The lowest BCUT2D eigenvalue weighted by Crippen LogP contribution is -2.44. The summed E-state index contributed by atoms with van der Waals surface area (Å²) in [6.45, 7) is 5.35. The quantitative estimate of drug-likeness (QED) is 0.788. The summed E-state index contributed by atoms with van der Waals surface area (Å²) in [5.74, 6) is -1.48. The van der Waals surface area contributed by atoms with E-state index in [1.165, 1.54) is 26.0 Å². The molecular weight excluding hydrogens is 343 g/mol. The van der Waals surface area contributed by atoms with Crippen molar-refractivity contribution < 1.29 is 14.0 Å². The summed E-state index contributed by atoms with van der Waals surface area (Å²) in [6, 6.07) is 11.5. The number of rotatable bonds is 5. The summed E-state index contributed by atoms with van der Waals surface area (Å²) in [5, 5.41) is 5.27. The highest BCUT2D eigenvalue weighted by molar-refractivity contribution is 6.31. The number of hydrogen-bond acceptors (Lipinski definition) is 2. The number of benzene rings is 2. The molecule has 0 aliphatic carbocycles. The molecule has 0 saturated carbocycles. The zero-order valence-electron chi connectivity index (χ0n) is 14.3. The third kappa shape index (κ3) is 4.57. The number of carbonyl (C=O) groups is 2. The van der Waals surface area contributed by atoms with Gasteiger partial charge >= 0.3 is 0 Å². The number of anilines is 1. The molecule has 2 rings (SSSR count). The van der Waals surface area contributed by atoms with E-state index in [-0.39, 0.29) is 5.02 Å². The van der Waals surface area contributed by atoms with Gasteiger partial charge in [0.25, 0.3) is 0 Å². The first-order valence-electron chi connectivity index (χ1n) is 7.81. The van der Waals surface area contributed by atoms with Crippen molar-refractivity contribution in [1.29, 1.82) is 0 Å². The predicted octanol–water partition coefficient (Wildman–Crippen LogP) is 4.07. The molecule has 0 saturated heterocycles. The van der Waals surface area contributed by atoms with Crippen molar-refractivity contribution >= 4 is 29.1 Å². The first-order valence-corrected chi connectivity index (χ1v) is 8.19. The van der Waals surface area contributed by atoms with E-state index in [1.54, 1.807) is 0 Å². The standard InChI is InChI=1S/C19H20ClFN2O2/c1-12-6-4-5-7-13(12)11-22-17(24)19(2,3)18(25)23-14-8-9-16(21)15(20)10-14/h4-10H,11H2,1-3H3,(H,22,24)(H,23,25). The third-order valence-electron chi connectivity index (χ3n) is 4.01. The van der Waals surface area contributed by atoms with Crippen molar-refractivity contribution in [3.8, 4) is 0 Å². The lowest BCUT2D eigenvalue weighted by molar-refractivity contribution is -0.138. The van der Waals surface area contributed by atoms with Gasteiger partial charge in [-0.2, -0.15) is 0 Å². The van der Waals surface area contributed by atoms with Crippen molar-refractivity contribution in [2.45, 2.75) is 27.3 Å². The number of aryl methyl sites for hydroxylation is 1. The smallest absolute Gasteiger partial charge is 0.239 e. The minimum Gasteiger partial charge on any atom is -0.351 e. The molecule has 0 spiro atoms. The molecule has 0 unspecified atom stereocenters. The molecule has 2 aromatic rings. The van der Waals surface area contributed by atoms with E-state index in [0.29, 0.717) is 12.2 Å². The average molecular weight is 363 g/mol. The van der Waals surface area contributed by atoms with Crippen LogP contribution in [-0.4, -0.2) is 11.8 Å². The van der Waals surface area contributed by atoms with Crippen LogP contribution in [0.3, 0.4) is 0 Å². The second kappa shape index (κ2) is 7.66. The highest BCUT2D eigenvalue weighted by Crippen LogP contribution is 2.23. The SMILES string of the molecule is Cc1ccccc1CNC(=O)C(C)(C)C(=O)Nc1ccc(F)c(Cl)c1. The van der Waals surface area contributed by atoms with E-state index in [0.717, 1.165) is 17.2 Å². The fourth-order valence-corrected chi connectivity index (χ4v) is 2.35. The van der Waals surface area contributed by atoms with Crippen LogP contribution < -0.4 is 10.6 Å². The topological polar surface area (TPSA) is 58.2 Å². The maximum atomic E-state index is 13.2. The number of nitrogens with one attached hydrogen (secondary N) is 2. The molecule has 2 amide bonds. The van der Waals surface area contributed by atoms with Gasteiger partial charge in [-0.05, 0) is 50.1 Å². The second-order valence-electron chi connectivity index (χ2n) is 6.32. The maximum absolute atomic E-state index is 13.2. The molecule has 0 heterocycles. The Morgan fingerprint density at radius 2 is 1.80 bits per heavy atom. The number of halogens is 2. The second-order valence-corrected chi connectivity index (χ2v) is 6.72. The largest absolute Gasteiger partial charge is 0.351 e. The van der Waals surface area contributed by atoms with Crippen LogP contribution in [0.1, 0.15) is 25.0 Å². The lowest BCUT2D eigenvalue weighted by Gasteiger charge is -2.23.